The van der Waals surface area contributed by atoms with Gasteiger partial charge in [-0.25, -0.2) is 4.79 Å². The Labute approximate surface area is 230 Å². The molecule has 5 aliphatic rings. The number of nitrogens with zero attached hydrogens (tertiary/aromatic N) is 2. The first-order chi connectivity index (χ1) is 19.1. The highest BCUT2D eigenvalue weighted by Gasteiger charge is 2.59. The van der Waals surface area contributed by atoms with Crippen LogP contribution in [0.25, 0.3) is 10.8 Å². The van der Waals surface area contributed by atoms with Gasteiger partial charge in [-0.05, 0) is 85.4 Å². The van der Waals surface area contributed by atoms with E-state index in [1.807, 2.05) is 35.2 Å². The molecule has 4 bridgehead atoms. The first-order valence-electron chi connectivity index (χ1n) is 14.1. The lowest BCUT2D eigenvalue weighted by Gasteiger charge is -2.60. The van der Waals surface area contributed by atoms with Crippen molar-refractivity contribution in [2.24, 2.45) is 23.2 Å². The van der Waals surface area contributed by atoms with Crippen LogP contribution in [0.5, 0.6) is 0 Å². The molecule has 208 valence electrons. The van der Waals surface area contributed by atoms with Gasteiger partial charge < -0.3 is 14.9 Å². The number of carbonyl (C=O) groups is 2. The number of amides is 1. The largest absolute Gasteiger partial charge is 0.480 e. The zero-order valence-corrected chi connectivity index (χ0v) is 22.0. The second-order valence-electron chi connectivity index (χ2n) is 12.5. The lowest BCUT2D eigenvalue weighted by atomic mass is 9.47. The summed E-state index contributed by atoms with van der Waals surface area (Å²) in [4.78, 5) is 30.7. The summed E-state index contributed by atoms with van der Waals surface area (Å²) < 4.78 is 39.6. The fourth-order valence-electron chi connectivity index (χ4n) is 8.83. The first-order valence-corrected chi connectivity index (χ1v) is 14.1. The van der Waals surface area contributed by atoms with Crippen LogP contribution in [-0.4, -0.2) is 34.6 Å². The fourth-order valence-corrected chi connectivity index (χ4v) is 8.83. The van der Waals surface area contributed by atoms with Crippen molar-refractivity contribution >= 4 is 28.3 Å². The first kappa shape index (κ1) is 25.4. The molecule has 5 nitrogen and oxygen atoms in total. The van der Waals surface area contributed by atoms with Gasteiger partial charge in [0, 0.05) is 17.3 Å². The number of alkyl halides is 3. The Morgan fingerprint density at radius 1 is 0.925 bits per heavy atom. The quantitative estimate of drug-likeness (QED) is 0.375. The van der Waals surface area contributed by atoms with Gasteiger partial charge in [0.15, 0.2) is 0 Å². The lowest BCUT2D eigenvalue weighted by Crippen LogP contribution is -2.63. The zero-order valence-electron chi connectivity index (χ0n) is 22.0. The molecule has 0 saturated heterocycles. The SMILES string of the molecule is O=C(O)C(N1CN(Cc2ccc(C(F)(F)F)cc2)c2c(ccc3ccccc23)C1=O)C12CC3CC(CC(C3)C1)C2. The molecule has 1 N–H and O–H groups in total. The number of hydrogen-bond donors (Lipinski definition) is 1. The minimum absolute atomic E-state index is 0.0690. The van der Waals surface area contributed by atoms with E-state index in [4.69, 9.17) is 0 Å². The summed E-state index contributed by atoms with van der Waals surface area (Å²) >= 11 is 0. The number of carboxylic acids is 1. The molecular formula is C32H31F3N2O3. The van der Waals surface area contributed by atoms with Gasteiger partial charge in [-0.1, -0.05) is 42.5 Å². The van der Waals surface area contributed by atoms with Gasteiger partial charge in [-0.2, -0.15) is 13.2 Å². The van der Waals surface area contributed by atoms with Crippen LogP contribution in [0.15, 0.2) is 60.7 Å². The molecule has 8 rings (SSSR count). The zero-order chi connectivity index (χ0) is 27.8. The third-order valence-electron chi connectivity index (χ3n) is 9.90. The summed E-state index contributed by atoms with van der Waals surface area (Å²) in [5, 5.41) is 12.5. The van der Waals surface area contributed by atoms with Gasteiger partial charge in [0.2, 0.25) is 0 Å². The average Bonchev–Trinajstić information content (AvgIpc) is 2.89. The van der Waals surface area contributed by atoms with E-state index < -0.39 is 29.2 Å². The number of carboxylic acid groups (broad SMARTS) is 1. The summed E-state index contributed by atoms with van der Waals surface area (Å²) in [6.45, 7) is 0.315. The number of rotatable bonds is 5. The fraction of sp³-hybridized carbons (Fsp3) is 0.438. The molecule has 1 amide bonds. The van der Waals surface area contributed by atoms with Gasteiger partial charge in [0.05, 0.1) is 23.5 Å². The molecule has 0 spiro atoms. The normalized spacial score (nSPS) is 28.2. The second kappa shape index (κ2) is 8.98. The Bertz CT molecular complexity index is 1460. The van der Waals surface area contributed by atoms with E-state index >= 15 is 0 Å². The van der Waals surface area contributed by atoms with Gasteiger partial charge in [0.1, 0.15) is 6.04 Å². The van der Waals surface area contributed by atoms with E-state index in [-0.39, 0.29) is 19.1 Å². The molecule has 1 unspecified atom stereocenters. The number of aliphatic carboxylic acids is 1. The third-order valence-corrected chi connectivity index (χ3v) is 9.90. The molecule has 1 aliphatic heterocycles. The Morgan fingerprint density at radius 2 is 1.55 bits per heavy atom. The predicted molar refractivity (Wildman–Crippen MR) is 145 cm³/mol. The average molecular weight is 549 g/mol. The van der Waals surface area contributed by atoms with Crippen molar-refractivity contribution in [3.8, 4) is 0 Å². The molecule has 4 fully saturated rings. The molecule has 3 aromatic carbocycles. The Balaban J connectivity index is 1.31. The number of carbonyl (C=O) groups excluding carboxylic acids is 1. The van der Waals surface area contributed by atoms with Crippen molar-refractivity contribution in [1.29, 1.82) is 0 Å². The highest BCUT2D eigenvalue weighted by Crippen LogP contribution is 2.62. The van der Waals surface area contributed by atoms with Crippen LogP contribution in [0, 0.1) is 23.2 Å². The number of halogens is 3. The standard InChI is InChI=1S/C32H31F3N2O3/c33-32(34,35)24-8-5-19(6-9-24)17-36-18-37(29(38)26-10-7-23-3-1-2-4-25(23)27(26)36)28(30(39)40)31-14-20-11-21(15-31)13-22(12-20)16-31/h1-10,20-22,28H,11-18H2,(H,39,40). The molecule has 3 aromatic rings. The van der Waals surface area contributed by atoms with Crippen LogP contribution in [0.2, 0.25) is 0 Å². The number of anilines is 1. The summed E-state index contributed by atoms with van der Waals surface area (Å²) in [6.07, 6.45) is 1.56. The molecule has 1 heterocycles. The van der Waals surface area contributed by atoms with Crippen molar-refractivity contribution in [3.05, 3.63) is 77.4 Å². The molecule has 0 radical (unpaired) electrons. The highest BCUT2D eigenvalue weighted by molar-refractivity contribution is 6.11. The predicted octanol–water partition coefficient (Wildman–Crippen LogP) is 6.95. The van der Waals surface area contributed by atoms with E-state index in [1.54, 1.807) is 11.0 Å². The molecule has 4 saturated carbocycles. The molecule has 0 aromatic heterocycles. The Morgan fingerprint density at radius 3 is 2.15 bits per heavy atom. The van der Waals surface area contributed by atoms with E-state index in [1.165, 1.54) is 12.1 Å². The molecule has 1 atom stereocenters. The smallest absolute Gasteiger partial charge is 0.416 e. The lowest BCUT2D eigenvalue weighted by molar-refractivity contribution is -0.159. The van der Waals surface area contributed by atoms with E-state index in [9.17, 15) is 27.9 Å². The molecular weight excluding hydrogens is 517 g/mol. The van der Waals surface area contributed by atoms with E-state index in [0.29, 0.717) is 34.6 Å². The minimum Gasteiger partial charge on any atom is -0.480 e. The minimum atomic E-state index is -4.43. The maximum Gasteiger partial charge on any atom is 0.416 e. The maximum atomic E-state index is 14.2. The van der Waals surface area contributed by atoms with Crippen LogP contribution in [0.4, 0.5) is 18.9 Å². The number of benzene rings is 3. The molecule has 4 aliphatic carbocycles. The summed E-state index contributed by atoms with van der Waals surface area (Å²) in [7, 11) is 0. The number of hydrogen-bond acceptors (Lipinski definition) is 3. The topological polar surface area (TPSA) is 60.9 Å². The second-order valence-corrected chi connectivity index (χ2v) is 12.5. The van der Waals surface area contributed by atoms with Gasteiger partial charge in [0.25, 0.3) is 5.91 Å². The summed E-state index contributed by atoms with van der Waals surface area (Å²) in [5.74, 6) is 0.314. The number of fused-ring (bicyclic) bond motifs is 3. The van der Waals surface area contributed by atoms with Crippen LogP contribution < -0.4 is 4.90 Å². The van der Waals surface area contributed by atoms with Crippen LogP contribution >= 0.6 is 0 Å². The van der Waals surface area contributed by atoms with Crippen molar-refractivity contribution in [2.45, 2.75) is 57.3 Å². The van der Waals surface area contributed by atoms with E-state index in [0.717, 1.165) is 61.4 Å². The van der Waals surface area contributed by atoms with Crippen molar-refractivity contribution in [1.82, 2.24) is 4.90 Å². The van der Waals surface area contributed by atoms with Crippen molar-refractivity contribution in [2.75, 3.05) is 11.6 Å². The van der Waals surface area contributed by atoms with Gasteiger partial charge >= 0.3 is 12.1 Å². The van der Waals surface area contributed by atoms with Gasteiger partial charge in [-0.15, -0.1) is 0 Å². The van der Waals surface area contributed by atoms with Crippen molar-refractivity contribution < 1.29 is 27.9 Å². The monoisotopic (exact) mass is 548 g/mol. The highest BCUT2D eigenvalue weighted by atomic mass is 19.4. The van der Waals surface area contributed by atoms with E-state index in [2.05, 4.69) is 0 Å². The summed E-state index contributed by atoms with van der Waals surface area (Å²) in [6, 6.07) is 15.5. The molecule has 40 heavy (non-hydrogen) atoms. The third kappa shape index (κ3) is 4.06. The van der Waals surface area contributed by atoms with Crippen LogP contribution in [-0.2, 0) is 17.5 Å². The maximum absolute atomic E-state index is 14.2. The van der Waals surface area contributed by atoms with Crippen LogP contribution in [0.1, 0.15) is 60.0 Å². The van der Waals surface area contributed by atoms with Crippen molar-refractivity contribution in [3.63, 3.8) is 0 Å². The Hall–Kier alpha value is -3.55. The summed E-state index contributed by atoms with van der Waals surface area (Å²) in [5.41, 5.74) is 0.639. The van der Waals surface area contributed by atoms with Crippen LogP contribution in [0.3, 0.4) is 0 Å². The molecule has 8 heteroatoms. The Kier molecular flexibility index (Phi) is 5.71. The van der Waals surface area contributed by atoms with Gasteiger partial charge in [-0.3, -0.25) is 4.79 Å².